The van der Waals surface area contributed by atoms with Crippen molar-refractivity contribution in [2.24, 2.45) is 7.05 Å². The van der Waals surface area contributed by atoms with Gasteiger partial charge in [-0.05, 0) is 30.3 Å². The molecule has 0 atom stereocenters. The summed E-state index contributed by atoms with van der Waals surface area (Å²) >= 11 is 0. The third-order valence-electron chi connectivity index (χ3n) is 4.55. The molecule has 1 aliphatic rings. The Balaban J connectivity index is 1.49. The number of hydrogen-bond donors (Lipinski definition) is 1. The van der Waals surface area contributed by atoms with Crippen LogP contribution in [0.5, 0.6) is 0 Å². The third kappa shape index (κ3) is 2.95. The van der Waals surface area contributed by atoms with Gasteiger partial charge in [-0.1, -0.05) is 18.2 Å². The van der Waals surface area contributed by atoms with Crippen molar-refractivity contribution in [3.8, 4) is 0 Å². The Morgan fingerprint density at radius 1 is 1.08 bits per heavy atom. The van der Waals surface area contributed by atoms with Gasteiger partial charge in [0.1, 0.15) is 5.82 Å². The van der Waals surface area contributed by atoms with Crippen molar-refractivity contribution in [3.63, 3.8) is 0 Å². The molecule has 24 heavy (non-hydrogen) atoms. The number of imidazole rings is 1. The van der Waals surface area contributed by atoms with Gasteiger partial charge in [0.25, 0.3) is 0 Å². The maximum atomic E-state index is 5.43. The molecule has 5 heteroatoms. The Labute approximate surface area is 141 Å². The molecule has 0 radical (unpaired) electrons. The van der Waals surface area contributed by atoms with Crippen molar-refractivity contribution >= 4 is 22.4 Å². The maximum absolute atomic E-state index is 5.43. The molecule has 0 amide bonds. The van der Waals surface area contributed by atoms with Crippen LogP contribution in [0.4, 0.5) is 11.4 Å². The summed E-state index contributed by atoms with van der Waals surface area (Å²) in [6, 6.07) is 16.8. The number of fused-ring (bicyclic) bond motifs is 1. The third-order valence-corrected chi connectivity index (χ3v) is 4.55. The number of nitrogens with one attached hydrogen (secondary N) is 1. The molecule has 124 valence electrons. The van der Waals surface area contributed by atoms with E-state index in [1.165, 1.54) is 5.69 Å². The number of morpholine rings is 1. The highest BCUT2D eigenvalue weighted by Crippen LogP contribution is 2.21. The van der Waals surface area contributed by atoms with Gasteiger partial charge in [-0.25, -0.2) is 4.98 Å². The number of hydrogen-bond acceptors (Lipinski definition) is 4. The van der Waals surface area contributed by atoms with E-state index in [1.807, 2.05) is 12.1 Å². The van der Waals surface area contributed by atoms with E-state index in [2.05, 4.69) is 58.2 Å². The van der Waals surface area contributed by atoms with Crippen LogP contribution in [0.2, 0.25) is 0 Å². The summed E-state index contributed by atoms with van der Waals surface area (Å²) in [5, 5.41) is 3.50. The Hall–Kier alpha value is -2.53. The maximum Gasteiger partial charge on any atom is 0.128 e. The van der Waals surface area contributed by atoms with Gasteiger partial charge in [-0.2, -0.15) is 0 Å². The largest absolute Gasteiger partial charge is 0.378 e. The fourth-order valence-electron chi connectivity index (χ4n) is 3.17. The van der Waals surface area contributed by atoms with Crippen molar-refractivity contribution in [2.45, 2.75) is 6.54 Å². The zero-order valence-corrected chi connectivity index (χ0v) is 13.9. The summed E-state index contributed by atoms with van der Waals surface area (Å²) in [7, 11) is 2.07. The predicted octanol–water partition coefficient (Wildman–Crippen LogP) is 3.02. The molecule has 2 heterocycles. The molecule has 2 aromatic carbocycles. The molecule has 1 fully saturated rings. The van der Waals surface area contributed by atoms with Crippen LogP contribution in [0.1, 0.15) is 5.82 Å². The average Bonchev–Trinajstić information content (AvgIpc) is 2.97. The first-order valence-corrected chi connectivity index (χ1v) is 8.38. The highest BCUT2D eigenvalue weighted by molar-refractivity contribution is 5.75. The van der Waals surface area contributed by atoms with E-state index in [9.17, 15) is 0 Å². The van der Waals surface area contributed by atoms with E-state index >= 15 is 0 Å². The van der Waals surface area contributed by atoms with Crippen LogP contribution in [-0.2, 0) is 18.3 Å². The lowest BCUT2D eigenvalue weighted by atomic mass is 10.2. The Morgan fingerprint density at radius 2 is 1.92 bits per heavy atom. The van der Waals surface area contributed by atoms with E-state index in [4.69, 9.17) is 9.72 Å². The lowest BCUT2D eigenvalue weighted by Crippen LogP contribution is -2.36. The van der Waals surface area contributed by atoms with Gasteiger partial charge in [0.2, 0.25) is 0 Å². The minimum absolute atomic E-state index is 0.706. The molecule has 0 bridgehead atoms. The summed E-state index contributed by atoms with van der Waals surface area (Å²) in [5.74, 6) is 1.04. The van der Waals surface area contributed by atoms with Crippen molar-refractivity contribution in [1.29, 1.82) is 0 Å². The van der Waals surface area contributed by atoms with Gasteiger partial charge in [0.15, 0.2) is 0 Å². The summed E-state index contributed by atoms with van der Waals surface area (Å²) in [4.78, 5) is 7.08. The molecule has 0 spiro atoms. The second kappa shape index (κ2) is 6.53. The molecule has 0 unspecified atom stereocenters. The van der Waals surface area contributed by atoms with Gasteiger partial charge in [-0.15, -0.1) is 0 Å². The molecule has 1 aliphatic heterocycles. The molecule has 1 saturated heterocycles. The van der Waals surface area contributed by atoms with Crippen LogP contribution >= 0.6 is 0 Å². The Bertz CT molecular complexity index is 836. The number of rotatable bonds is 4. The van der Waals surface area contributed by atoms with Gasteiger partial charge in [0.05, 0.1) is 30.8 Å². The van der Waals surface area contributed by atoms with E-state index in [0.717, 1.165) is 48.8 Å². The van der Waals surface area contributed by atoms with E-state index in [1.54, 1.807) is 0 Å². The quantitative estimate of drug-likeness (QED) is 0.802. The molecule has 4 rings (SSSR count). The van der Waals surface area contributed by atoms with Crippen molar-refractivity contribution in [2.75, 3.05) is 36.5 Å². The lowest BCUT2D eigenvalue weighted by molar-refractivity contribution is 0.122. The first-order chi connectivity index (χ1) is 11.8. The number of ether oxygens (including phenoxy) is 1. The van der Waals surface area contributed by atoms with Gasteiger partial charge < -0.3 is 19.5 Å². The van der Waals surface area contributed by atoms with Crippen LogP contribution in [-0.4, -0.2) is 35.9 Å². The van der Waals surface area contributed by atoms with Crippen LogP contribution in [0.25, 0.3) is 11.0 Å². The van der Waals surface area contributed by atoms with Crippen molar-refractivity contribution in [3.05, 3.63) is 54.4 Å². The van der Waals surface area contributed by atoms with E-state index < -0.39 is 0 Å². The number of aryl methyl sites for hydroxylation is 1. The zero-order chi connectivity index (χ0) is 16.4. The van der Waals surface area contributed by atoms with Crippen molar-refractivity contribution in [1.82, 2.24) is 9.55 Å². The second-order valence-corrected chi connectivity index (χ2v) is 6.08. The van der Waals surface area contributed by atoms with Gasteiger partial charge in [-0.3, -0.25) is 0 Å². The highest BCUT2D eigenvalue weighted by atomic mass is 16.5. The minimum Gasteiger partial charge on any atom is -0.378 e. The summed E-state index contributed by atoms with van der Waals surface area (Å²) in [6.45, 7) is 4.22. The van der Waals surface area contributed by atoms with Gasteiger partial charge >= 0.3 is 0 Å². The molecule has 3 aromatic rings. The number of para-hydroxylation sites is 2. The molecular formula is C19H22N4O. The van der Waals surface area contributed by atoms with Crippen LogP contribution in [0, 0.1) is 0 Å². The normalized spacial score (nSPS) is 15.0. The number of aromatic nitrogens is 2. The van der Waals surface area contributed by atoms with Crippen LogP contribution in [0.15, 0.2) is 48.5 Å². The molecule has 0 saturated carbocycles. The van der Waals surface area contributed by atoms with E-state index in [0.29, 0.717) is 6.54 Å². The lowest BCUT2D eigenvalue weighted by Gasteiger charge is -2.29. The standard InChI is InChI=1S/C19H22N4O/c1-22-18-8-3-2-7-17(18)21-19(22)14-20-15-5-4-6-16(13-15)23-9-11-24-12-10-23/h2-8,13,20H,9-12,14H2,1H3. The van der Waals surface area contributed by atoms with Gasteiger partial charge in [0, 0.05) is 31.5 Å². The van der Waals surface area contributed by atoms with E-state index in [-0.39, 0.29) is 0 Å². The topological polar surface area (TPSA) is 42.3 Å². The first-order valence-electron chi connectivity index (χ1n) is 8.38. The molecule has 0 aliphatic carbocycles. The summed E-state index contributed by atoms with van der Waals surface area (Å²) < 4.78 is 7.58. The number of anilines is 2. The molecule has 1 N–H and O–H groups in total. The number of nitrogens with zero attached hydrogens (tertiary/aromatic N) is 3. The minimum atomic E-state index is 0.706. The van der Waals surface area contributed by atoms with Crippen molar-refractivity contribution < 1.29 is 4.74 Å². The second-order valence-electron chi connectivity index (χ2n) is 6.08. The summed E-state index contributed by atoms with van der Waals surface area (Å²) in [6.07, 6.45) is 0. The zero-order valence-electron chi connectivity index (χ0n) is 13.9. The average molecular weight is 322 g/mol. The number of benzene rings is 2. The molecular weight excluding hydrogens is 300 g/mol. The Kier molecular flexibility index (Phi) is 4.09. The Morgan fingerprint density at radius 3 is 2.75 bits per heavy atom. The SMILES string of the molecule is Cn1c(CNc2cccc(N3CCOCC3)c2)nc2ccccc21. The first kappa shape index (κ1) is 15.0. The highest BCUT2D eigenvalue weighted by Gasteiger charge is 2.12. The fraction of sp³-hybridized carbons (Fsp3) is 0.316. The summed E-state index contributed by atoms with van der Waals surface area (Å²) in [5.41, 5.74) is 4.56. The molecule has 5 nitrogen and oxygen atoms in total. The predicted molar refractivity (Wildman–Crippen MR) is 97.5 cm³/mol. The molecule has 1 aromatic heterocycles. The fourth-order valence-corrected chi connectivity index (χ4v) is 3.17. The smallest absolute Gasteiger partial charge is 0.128 e. The van der Waals surface area contributed by atoms with Crippen LogP contribution < -0.4 is 10.2 Å². The monoisotopic (exact) mass is 322 g/mol. The van der Waals surface area contributed by atoms with Crippen LogP contribution in [0.3, 0.4) is 0 Å².